The van der Waals surface area contributed by atoms with Gasteiger partial charge >= 0.3 is 0 Å². The third-order valence-corrected chi connectivity index (χ3v) is 4.78. The van der Waals surface area contributed by atoms with Crippen LogP contribution in [0.15, 0.2) is 22.7 Å². The third-order valence-electron chi connectivity index (χ3n) is 4.32. The number of hydrogen-bond donors (Lipinski definition) is 1. The fourth-order valence-corrected chi connectivity index (χ4v) is 3.61. The molecule has 1 aliphatic rings. The van der Waals surface area contributed by atoms with Crippen molar-refractivity contribution in [3.8, 4) is 0 Å². The van der Waals surface area contributed by atoms with Crippen molar-refractivity contribution in [2.75, 3.05) is 6.54 Å². The zero-order valence-corrected chi connectivity index (χ0v) is 13.4. The van der Waals surface area contributed by atoms with Crippen molar-refractivity contribution in [2.45, 2.75) is 51.5 Å². The van der Waals surface area contributed by atoms with E-state index in [0.717, 1.165) is 23.0 Å². The highest BCUT2D eigenvalue weighted by molar-refractivity contribution is 9.10. The van der Waals surface area contributed by atoms with E-state index in [1.165, 1.54) is 31.7 Å². The molecule has 1 aliphatic heterocycles. The Morgan fingerprint density at radius 2 is 2.05 bits per heavy atom. The van der Waals surface area contributed by atoms with Crippen LogP contribution in [0.5, 0.6) is 0 Å². The maximum atomic E-state index is 13.5. The first kappa shape index (κ1) is 15.0. The van der Waals surface area contributed by atoms with Crippen LogP contribution in [0.4, 0.5) is 4.39 Å². The third kappa shape index (κ3) is 3.79. The Balaban J connectivity index is 2.24. The molecule has 106 valence electrons. The maximum Gasteiger partial charge on any atom is 0.124 e. The van der Waals surface area contributed by atoms with Gasteiger partial charge in [0.1, 0.15) is 5.82 Å². The van der Waals surface area contributed by atoms with E-state index in [-0.39, 0.29) is 11.4 Å². The Bertz CT molecular complexity index is 403. The summed E-state index contributed by atoms with van der Waals surface area (Å²) in [5.41, 5.74) is 1.19. The summed E-state index contributed by atoms with van der Waals surface area (Å²) in [5, 5.41) is 3.74. The van der Waals surface area contributed by atoms with Gasteiger partial charge in [0, 0.05) is 10.0 Å². The highest BCUT2D eigenvalue weighted by Crippen LogP contribution is 2.31. The average Bonchev–Trinajstić information content (AvgIpc) is 2.54. The summed E-state index contributed by atoms with van der Waals surface area (Å²) >= 11 is 3.39. The summed E-state index contributed by atoms with van der Waals surface area (Å²) in [6, 6.07) is 5.23. The molecule has 0 aromatic heterocycles. The van der Waals surface area contributed by atoms with Crippen LogP contribution in [0, 0.1) is 11.7 Å². The van der Waals surface area contributed by atoms with Gasteiger partial charge in [-0.3, -0.25) is 0 Å². The van der Waals surface area contributed by atoms with Crippen LogP contribution in [0.2, 0.25) is 0 Å². The summed E-state index contributed by atoms with van der Waals surface area (Å²) in [7, 11) is 0. The Hall–Kier alpha value is -0.410. The standard InChI is InChI=1S/C16H23BrFN/c1-12(2)16(6-4-3-5-7-19-16)11-13-8-14(17)10-15(18)9-13/h8-10,12,19H,3-7,11H2,1-2H3. The molecule has 19 heavy (non-hydrogen) atoms. The molecule has 0 radical (unpaired) electrons. The second-order valence-electron chi connectivity index (χ2n) is 6.00. The molecule has 2 rings (SSSR count). The number of rotatable bonds is 3. The van der Waals surface area contributed by atoms with Crippen LogP contribution >= 0.6 is 15.9 Å². The van der Waals surface area contributed by atoms with Crippen molar-refractivity contribution in [3.63, 3.8) is 0 Å². The van der Waals surface area contributed by atoms with E-state index >= 15 is 0 Å². The van der Waals surface area contributed by atoms with E-state index < -0.39 is 0 Å². The lowest BCUT2D eigenvalue weighted by atomic mass is 9.77. The van der Waals surface area contributed by atoms with Crippen LogP contribution in [-0.4, -0.2) is 12.1 Å². The first-order valence-corrected chi connectivity index (χ1v) is 8.01. The molecule has 1 nitrogen and oxygen atoms in total. The second kappa shape index (κ2) is 6.36. The van der Waals surface area contributed by atoms with E-state index in [1.807, 2.05) is 6.07 Å². The molecular formula is C16H23BrFN. The van der Waals surface area contributed by atoms with Crippen molar-refractivity contribution in [3.05, 3.63) is 34.1 Å². The molecule has 1 fully saturated rings. The van der Waals surface area contributed by atoms with Gasteiger partial charge in [-0.2, -0.15) is 0 Å². The minimum atomic E-state index is -0.156. The van der Waals surface area contributed by atoms with Crippen LogP contribution in [-0.2, 0) is 6.42 Å². The Morgan fingerprint density at radius 3 is 2.74 bits per heavy atom. The summed E-state index contributed by atoms with van der Waals surface area (Å²) in [6.45, 7) is 5.62. The largest absolute Gasteiger partial charge is 0.311 e. The van der Waals surface area contributed by atoms with Crippen molar-refractivity contribution < 1.29 is 4.39 Å². The van der Waals surface area contributed by atoms with E-state index in [4.69, 9.17) is 0 Å². The lowest BCUT2D eigenvalue weighted by Crippen LogP contribution is -2.51. The lowest BCUT2D eigenvalue weighted by molar-refractivity contribution is 0.225. The molecule has 1 saturated heterocycles. The molecule has 0 spiro atoms. The van der Waals surface area contributed by atoms with E-state index in [9.17, 15) is 4.39 Å². The average molecular weight is 328 g/mol. The van der Waals surface area contributed by atoms with Gasteiger partial charge in [0.2, 0.25) is 0 Å². The first-order valence-electron chi connectivity index (χ1n) is 7.22. The van der Waals surface area contributed by atoms with Gasteiger partial charge in [-0.25, -0.2) is 4.39 Å². The number of benzene rings is 1. The van der Waals surface area contributed by atoms with Crippen molar-refractivity contribution in [1.29, 1.82) is 0 Å². The van der Waals surface area contributed by atoms with Gasteiger partial charge in [-0.1, -0.05) is 42.6 Å². The van der Waals surface area contributed by atoms with Crippen LogP contribution in [0.3, 0.4) is 0 Å². The zero-order chi connectivity index (χ0) is 13.9. The molecule has 1 heterocycles. The molecule has 1 N–H and O–H groups in total. The molecule has 3 heteroatoms. The van der Waals surface area contributed by atoms with Gasteiger partial charge < -0.3 is 5.32 Å². The molecular weight excluding hydrogens is 305 g/mol. The van der Waals surface area contributed by atoms with Gasteiger partial charge in [0.25, 0.3) is 0 Å². The van der Waals surface area contributed by atoms with Crippen molar-refractivity contribution in [1.82, 2.24) is 5.32 Å². The Labute approximate surface area is 124 Å². The summed E-state index contributed by atoms with van der Waals surface area (Å²) in [4.78, 5) is 0. The predicted molar refractivity (Wildman–Crippen MR) is 81.8 cm³/mol. The van der Waals surface area contributed by atoms with Crippen molar-refractivity contribution in [2.24, 2.45) is 5.92 Å². The molecule has 0 saturated carbocycles. The maximum absolute atomic E-state index is 13.5. The van der Waals surface area contributed by atoms with Gasteiger partial charge in [0.05, 0.1) is 0 Å². The number of nitrogens with one attached hydrogen (secondary N) is 1. The Morgan fingerprint density at radius 1 is 1.26 bits per heavy atom. The normalized spacial score (nSPS) is 24.5. The molecule has 1 atom stereocenters. The fourth-order valence-electron chi connectivity index (χ4n) is 3.09. The second-order valence-corrected chi connectivity index (χ2v) is 6.92. The number of hydrogen-bond acceptors (Lipinski definition) is 1. The first-order chi connectivity index (χ1) is 9.02. The monoisotopic (exact) mass is 327 g/mol. The Kier molecular flexibility index (Phi) is 5.02. The lowest BCUT2D eigenvalue weighted by Gasteiger charge is -2.38. The summed E-state index contributed by atoms with van der Waals surface area (Å²) in [5.74, 6) is 0.393. The van der Waals surface area contributed by atoms with E-state index in [1.54, 1.807) is 6.07 Å². The van der Waals surface area contributed by atoms with E-state index in [0.29, 0.717) is 5.92 Å². The molecule has 1 unspecified atom stereocenters. The quantitative estimate of drug-likeness (QED) is 0.849. The van der Waals surface area contributed by atoms with E-state index in [2.05, 4.69) is 35.1 Å². The molecule has 1 aromatic rings. The van der Waals surface area contributed by atoms with Crippen LogP contribution in [0.25, 0.3) is 0 Å². The van der Waals surface area contributed by atoms with Gasteiger partial charge in [-0.15, -0.1) is 0 Å². The molecule has 0 aliphatic carbocycles. The van der Waals surface area contributed by atoms with Gasteiger partial charge in [-0.05, 0) is 55.5 Å². The highest BCUT2D eigenvalue weighted by atomic mass is 79.9. The minimum Gasteiger partial charge on any atom is -0.311 e. The van der Waals surface area contributed by atoms with Gasteiger partial charge in [0.15, 0.2) is 0 Å². The fraction of sp³-hybridized carbons (Fsp3) is 0.625. The summed E-state index contributed by atoms with van der Waals surface area (Å²) in [6.07, 6.45) is 5.90. The minimum absolute atomic E-state index is 0.115. The number of halogens is 2. The highest BCUT2D eigenvalue weighted by Gasteiger charge is 2.34. The topological polar surface area (TPSA) is 12.0 Å². The predicted octanol–water partition coefficient (Wildman–Crippen LogP) is 4.69. The zero-order valence-electron chi connectivity index (χ0n) is 11.8. The van der Waals surface area contributed by atoms with Crippen LogP contribution < -0.4 is 5.32 Å². The van der Waals surface area contributed by atoms with Crippen molar-refractivity contribution >= 4 is 15.9 Å². The smallest absolute Gasteiger partial charge is 0.124 e. The molecule has 0 amide bonds. The molecule has 1 aromatic carbocycles. The molecule has 0 bridgehead atoms. The summed E-state index contributed by atoms with van der Waals surface area (Å²) < 4.78 is 14.4. The SMILES string of the molecule is CC(C)C1(Cc2cc(F)cc(Br)c2)CCCCCN1. The van der Waals surface area contributed by atoms with Crippen LogP contribution in [0.1, 0.15) is 45.1 Å².